The van der Waals surface area contributed by atoms with Crippen LogP contribution in [0.1, 0.15) is 59.3 Å². The van der Waals surface area contributed by atoms with E-state index < -0.39 is 0 Å². The first-order valence-corrected chi connectivity index (χ1v) is 7.38. The van der Waals surface area contributed by atoms with E-state index in [2.05, 4.69) is 26.1 Å². The van der Waals surface area contributed by atoms with Gasteiger partial charge in [-0.05, 0) is 37.0 Å². The van der Waals surface area contributed by atoms with Crippen LogP contribution in [-0.4, -0.2) is 24.7 Å². The van der Waals surface area contributed by atoms with Gasteiger partial charge in [-0.2, -0.15) is 0 Å². The standard InChI is InChI=1S/C15H27NO2/c1-15(2,3)8-9-18-14(17)13-10-11-6-4-5-7-12(11)16-13/h11-13,16H,4-10H2,1-3H3. The molecule has 3 nitrogen and oxygen atoms in total. The highest BCUT2D eigenvalue weighted by molar-refractivity contribution is 5.76. The lowest BCUT2D eigenvalue weighted by Gasteiger charge is -2.24. The zero-order valence-electron chi connectivity index (χ0n) is 12.0. The van der Waals surface area contributed by atoms with Gasteiger partial charge in [0.25, 0.3) is 0 Å². The lowest BCUT2D eigenvalue weighted by molar-refractivity contribution is -0.146. The average Bonchev–Trinajstić information content (AvgIpc) is 2.70. The van der Waals surface area contributed by atoms with Gasteiger partial charge in [0, 0.05) is 6.04 Å². The van der Waals surface area contributed by atoms with Gasteiger partial charge in [-0.1, -0.05) is 33.6 Å². The molecule has 0 spiro atoms. The van der Waals surface area contributed by atoms with Gasteiger partial charge in [0.2, 0.25) is 0 Å². The first-order chi connectivity index (χ1) is 8.46. The van der Waals surface area contributed by atoms with Gasteiger partial charge in [-0.25, -0.2) is 0 Å². The van der Waals surface area contributed by atoms with Crippen LogP contribution in [0.2, 0.25) is 0 Å². The molecule has 1 heterocycles. The maximum Gasteiger partial charge on any atom is 0.323 e. The van der Waals surface area contributed by atoms with Gasteiger partial charge in [0.1, 0.15) is 6.04 Å². The Labute approximate surface area is 111 Å². The second-order valence-electron chi connectivity index (χ2n) is 7.08. The van der Waals surface area contributed by atoms with E-state index in [4.69, 9.17) is 4.74 Å². The summed E-state index contributed by atoms with van der Waals surface area (Å²) in [6.07, 6.45) is 7.06. The van der Waals surface area contributed by atoms with E-state index in [9.17, 15) is 4.79 Å². The van der Waals surface area contributed by atoms with Crippen molar-refractivity contribution in [3.63, 3.8) is 0 Å². The van der Waals surface area contributed by atoms with Crippen LogP contribution in [-0.2, 0) is 9.53 Å². The molecule has 0 radical (unpaired) electrons. The Morgan fingerprint density at radius 1 is 1.28 bits per heavy atom. The van der Waals surface area contributed by atoms with Gasteiger partial charge < -0.3 is 10.1 Å². The van der Waals surface area contributed by atoms with Crippen molar-refractivity contribution >= 4 is 5.97 Å². The molecule has 18 heavy (non-hydrogen) atoms. The molecular weight excluding hydrogens is 226 g/mol. The van der Waals surface area contributed by atoms with Gasteiger partial charge in [0.15, 0.2) is 0 Å². The van der Waals surface area contributed by atoms with Crippen LogP contribution in [0.5, 0.6) is 0 Å². The van der Waals surface area contributed by atoms with Crippen LogP contribution in [0.4, 0.5) is 0 Å². The molecule has 1 N–H and O–H groups in total. The number of esters is 1. The van der Waals surface area contributed by atoms with E-state index in [1.807, 2.05) is 0 Å². The van der Waals surface area contributed by atoms with E-state index in [1.54, 1.807) is 0 Å². The number of carbonyl (C=O) groups excluding carboxylic acids is 1. The third kappa shape index (κ3) is 3.71. The van der Waals surface area contributed by atoms with Crippen molar-refractivity contribution in [3.05, 3.63) is 0 Å². The van der Waals surface area contributed by atoms with Gasteiger partial charge >= 0.3 is 5.97 Å². The van der Waals surface area contributed by atoms with E-state index >= 15 is 0 Å². The minimum absolute atomic E-state index is 0.0337. The molecule has 104 valence electrons. The van der Waals surface area contributed by atoms with E-state index in [0.29, 0.717) is 18.6 Å². The number of fused-ring (bicyclic) bond motifs is 1. The molecule has 0 bridgehead atoms. The lowest BCUT2D eigenvalue weighted by Crippen LogP contribution is -2.38. The molecule has 1 aliphatic carbocycles. The first kappa shape index (κ1) is 13.9. The highest BCUT2D eigenvalue weighted by Crippen LogP contribution is 2.33. The van der Waals surface area contributed by atoms with E-state index in [-0.39, 0.29) is 17.4 Å². The van der Waals surface area contributed by atoms with E-state index in [0.717, 1.165) is 12.8 Å². The summed E-state index contributed by atoms with van der Waals surface area (Å²) in [6, 6.07) is 0.525. The number of rotatable bonds is 3. The minimum atomic E-state index is -0.0435. The fraction of sp³-hybridized carbons (Fsp3) is 0.933. The highest BCUT2D eigenvalue weighted by atomic mass is 16.5. The molecule has 2 rings (SSSR count). The van der Waals surface area contributed by atoms with Crippen LogP contribution < -0.4 is 5.32 Å². The third-order valence-corrected chi connectivity index (χ3v) is 4.24. The maximum atomic E-state index is 12.0. The molecule has 2 fully saturated rings. The number of nitrogens with one attached hydrogen (secondary N) is 1. The fourth-order valence-electron chi connectivity index (χ4n) is 3.06. The summed E-state index contributed by atoms with van der Waals surface area (Å²) in [5.41, 5.74) is 0.234. The number of carbonyl (C=O) groups is 1. The smallest absolute Gasteiger partial charge is 0.323 e. The van der Waals surface area contributed by atoms with Crippen molar-refractivity contribution in [3.8, 4) is 0 Å². The Kier molecular flexibility index (Phi) is 4.31. The SMILES string of the molecule is CC(C)(C)CCOC(=O)C1CC2CCCCC2N1. The van der Waals surface area contributed by atoms with Gasteiger partial charge in [0.05, 0.1) is 6.61 Å². The number of hydrogen-bond donors (Lipinski definition) is 1. The summed E-state index contributed by atoms with van der Waals surface area (Å²) in [6.45, 7) is 7.06. The zero-order valence-corrected chi connectivity index (χ0v) is 12.0. The molecule has 0 amide bonds. The van der Waals surface area contributed by atoms with Crippen molar-refractivity contribution in [1.82, 2.24) is 5.32 Å². The summed E-state index contributed by atoms with van der Waals surface area (Å²) in [5, 5.41) is 3.47. The Morgan fingerprint density at radius 2 is 2.00 bits per heavy atom. The molecular formula is C15H27NO2. The predicted molar refractivity (Wildman–Crippen MR) is 72.3 cm³/mol. The largest absolute Gasteiger partial charge is 0.465 e. The third-order valence-electron chi connectivity index (χ3n) is 4.24. The topological polar surface area (TPSA) is 38.3 Å². The van der Waals surface area contributed by atoms with Crippen LogP contribution in [0.25, 0.3) is 0 Å². The van der Waals surface area contributed by atoms with Crippen molar-refractivity contribution in [2.45, 2.75) is 71.4 Å². The molecule has 3 unspecified atom stereocenters. The molecule has 3 atom stereocenters. The molecule has 1 saturated heterocycles. The Balaban J connectivity index is 1.73. The molecule has 0 aromatic carbocycles. The Morgan fingerprint density at radius 3 is 2.67 bits per heavy atom. The molecule has 1 aliphatic heterocycles. The second kappa shape index (κ2) is 5.60. The zero-order chi connectivity index (χ0) is 13.2. The summed E-state index contributed by atoms with van der Waals surface area (Å²) in [7, 11) is 0. The summed E-state index contributed by atoms with van der Waals surface area (Å²) in [5.74, 6) is 0.674. The van der Waals surface area contributed by atoms with Gasteiger partial charge in [-0.3, -0.25) is 4.79 Å². The van der Waals surface area contributed by atoms with Crippen LogP contribution >= 0.6 is 0 Å². The van der Waals surface area contributed by atoms with Crippen molar-refractivity contribution < 1.29 is 9.53 Å². The molecule has 2 aliphatic rings. The maximum absolute atomic E-state index is 12.0. The fourth-order valence-corrected chi connectivity index (χ4v) is 3.06. The van der Waals surface area contributed by atoms with Crippen molar-refractivity contribution in [2.75, 3.05) is 6.61 Å². The summed E-state index contributed by atoms with van der Waals surface area (Å²) in [4.78, 5) is 12.0. The van der Waals surface area contributed by atoms with Crippen LogP contribution in [0.3, 0.4) is 0 Å². The second-order valence-corrected chi connectivity index (χ2v) is 7.08. The quantitative estimate of drug-likeness (QED) is 0.786. The van der Waals surface area contributed by atoms with Crippen molar-refractivity contribution in [2.24, 2.45) is 11.3 Å². The minimum Gasteiger partial charge on any atom is -0.465 e. The number of ether oxygens (including phenoxy) is 1. The molecule has 1 saturated carbocycles. The molecule has 0 aromatic heterocycles. The monoisotopic (exact) mass is 253 g/mol. The average molecular weight is 253 g/mol. The predicted octanol–water partition coefficient (Wildman–Crippen LogP) is 2.89. The van der Waals surface area contributed by atoms with Gasteiger partial charge in [-0.15, -0.1) is 0 Å². The Hall–Kier alpha value is -0.570. The van der Waals surface area contributed by atoms with E-state index in [1.165, 1.54) is 25.7 Å². The lowest BCUT2D eigenvalue weighted by atomic mass is 9.85. The number of hydrogen-bond acceptors (Lipinski definition) is 3. The normalized spacial score (nSPS) is 32.1. The summed E-state index contributed by atoms with van der Waals surface area (Å²) < 4.78 is 5.41. The van der Waals surface area contributed by atoms with Crippen LogP contribution in [0.15, 0.2) is 0 Å². The molecule has 3 heteroatoms. The molecule has 0 aromatic rings. The van der Waals surface area contributed by atoms with Crippen molar-refractivity contribution in [1.29, 1.82) is 0 Å². The Bertz CT molecular complexity index is 281. The highest BCUT2D eigenvalue weighted by Gasteiger charge is 2.38. The summed E-state index contributed by atoms with van der Waals surface area (Å²) >= 11 is 0. The van der Waals surface area contributed by atoms with Crippen LogP contribution in [0, 0.1) is 11.3 Å². The first-order valence-electron chi connectivity index (χ1n) is 7.38.